The SMILES string of the molecule is COC(=O)c1cccc(Cn2ccc3cc(C)ccc32)c1. The van der Waals surface area contributed by atoms with E-state index in [0.717, 1.165) is 12.1 Å². The number of nitrogens with zero attached hydrogens (tertiary/aromatic N) is 1. The number of benzene rings is 2. The Labute approximate surface area is 123 Å². The molecule has 0 aliphatic carbocycles. The molecule has 0 spiro atoms. The van der Waals surface area contributed by atoms with Gasteiger partial charge in [-0.1, -0.05) is 23.8 Å². The van der Waals surface area contributed by atoms with Crippen molar-refractivity contribution in [1.82, 2.24) is 4.57 Å². The average Bonchev–Trinajstić information content (AvgIpc) is 2.89. The summed E-state index contributed by atoms with van der Waals surface area (Å²) in [6.45, 7) is 2.83. The van der Waals surface area contributed by atoms with Gasteiger partial charge in [0.1, 0.15) is 0 Å². The Morgan fingerprint density at radius 2 is 2.00 bits per heavy atom. The lowest BCUT2D eigenvalue weighted by atomic mass is 10.1. The van der Waals surface area contributed by atoms with E-state index < -0.39 is 0 Å². The summed E-state index contributed by atoms with van der Waals surface area (Å²) < 4.78 is 6.95. The summed E-state index contributed by atoms with van der Waals surface area (Å²) in [5, 5.41) is 1.24. The zero-order chi connectivity index (χ0) is 14.8. The summed E-state index contributed by atoms with van der Waals surface area (Å²) in [4.78, 5) is 11.6. The van der Waals surface area contributed by atoms with Crippen molar-refractivity contribution in [2.24, 2.45) is 0 Å². The monoisotopic (exact) mass is 279 g/mol. The Hall–Kier alpha value is -2.55. The third kappa shape index (κ3) is 2.68. The molecule has 106 valence electrons. The fourth-order valence-corrected chi connectivity index (χ4v) is 2.57. The van der Waals surface area contributed by atoms with Crippen molar-refractivity contribution in [3.63, 3.8) is 0 Å². The molecule has 0 saturated carbocycles. The molecule has 0 saturated heterocycles. The summed E-state index contributed by atoms with van der Waals surface area (Å²) in [5.74, 6) is -0.301. The van der Waals surface area contributed by atoms with Gasteiger partial charge in [0.05, 0.1) is 12.7 Å². The molecule has 0 N–H and O–H groups in total. The van der Waals surface area contributed by atoms with Gasteiger partial charge in [-0.3, -0.25) is 0 Å². The minimum atomic E-state index is -0.301. The predicted molar refractivity (Wildman–Crippen MR) is 83.6 cm³/mol. The van der Waals surface area contributed by atoms with Crippen LogP contribution in [0.5, 0.6) is 0 Å². The quantitative estimate of drug-likeness (QED) is 0.683. The van der Waals surface area contributed by atoms with Gasteiger partial charge in [0, 0.05) is 18.3 Å². The first-order valence-electron chi connectivity index (χ1n) is 6.90. The number of aryl methyl sites for hydroxylation is 1. The second kappa shape index (κ2) is 5.44. The molecular formula is C18H17NO2. The predicted octanol–water partition coefficient (Wildman–Crippen LogP) is 3.78. The highest BCUT2D eigenvalue weighted by molar-refractivity contribution is 5.89. The standard InChI is InChI=1S/C18H17NO2/c1-13-6-7-17-15(10-13)8-9-19(17)12-14-4-3-5-16(11-14)18(20)21-2/h3-11H,12H2,1-2H3. The number of esters is 1. The van der Waals surface area contributed by atoms with Crippen LogP contribution in [0.25, 0.3) is 10.9 Å². The van der Waals surface area contributed by atoms with E-state index in [1.165, 1.54) is 23.6 Å². The first-order valence-corrected chi connectivity index (χ1v) is 6.90. The number of fused-ring (bicyclic) bond motifs is 1. The largest absolute Gasteiger partial charge is 0.465 e. The molecule has 21 heavy (non-hydrogen) atoms. The van der Waals surface area contributed by atoms with E-state index in [0.29, 0.717) is 5.56 Å². The average molecular weight is 279 g/mol. The summed E-state index contributed by atoms with van der Waals surface area (Å²) in [6, 6.07) is 16.1. The number of aromatic nitrogens is 1. The van der Waals surface area contributed by atoms with Crippen molar-refractivity contribution in [3.8, 4) is 0 Å². The maximum absolute atomic E-state index is 11.6. The molecule has 0 unspecified atom stereocenters. The molecule has 3 nitrogen and oxygen atoms in total. The van der Waals surface area contributed by atoms with Gasteiger partial charge in [0.2, 0.25) is 0 Å². The minimum Gasteiger partial charge on any atom is -0.465 e. The lowest BCUT2D eigenvalue weighted by Gasteiger charge is -2.07. The highest BCUT2D eigenvalue weighted by Crippen LogP contribution is 2.19. The van der Waals surface area contributed by atoms with Gasteiger partial charge < -0.3 is 9.30 Å². The van der Waals surface area contributed by atoms with E-state index in [9.17, 15) is 4.79 Å². The van der Waals surface area contributed by atoms with Crippen molar-refractivity contribution in [1.29, 1.82) is 0 Å². The van der Waals surface area contributed by atoms with Crippen LogP contribution in [-0.2, 0) is 11.3 Å². The molecule has 0 amide bonds. The highest BCUT2D eigenvalue weighted by atomic mass is 16.5. The van der Waals surface area contributed by atoms with Crippen LogP contribution >= 0.6 is 0 Å². The normalized spacial score (nSPS) is 10.8. The lowest BCUT2D eigenvalue weighted by molar-refractivity contribution is 0.0600. The first-order chi connectivity index (χ1) is 10.2. The third-order valence-corrected chi connectivity index (χ3v) is 3.63. The number of methoxy groups -OCH3 is 1. The molecule has 3 rings (SSSR count). The third-order valence-electron chi connectivity index (χ3n) is 3.63. The molecule has 3 heteroatoms. The summed E-state index contributed by atoms with van der Waals surface area (Å²) in [7, 11) is 1.40. The van der Waals surface area contributed by atoms with Crippen molar-refractivity contribution < 1.29 is 9.53 Å². The molecule has 0 radical (unpaired) electrons. The van der Waals surface area contributed by atoms with E-state index >= 15 is 0 Å². The topological polar surface area (TPSA) is 31.2 Å². The van der Waals surface area contributed by atoms with Crippen LogP contribution < -0.4 is 0 Å². The molecule has 1 heterocycles. The Morgan fingerprint density at radius 1 is 1.14 bits per heavy atom. The smallest absolute Gasteiger partial charge is 0.337 e. The van der Waals surface area contributed by atoms with Gasteiger partial charge >= 0.3 is 5.97 Å². The Balaban J connectivity index is 1.93. The number of carbonyl (C=O) groups is 1. The molecule has 2 aromatic carbocycles. The van der Waals surface area contributed by atoms with E-state index in [-0.39, 0.29) is 5.97 Å². The molecule has 0 bridgehead atoms. The van der Waals surface area contributed by atoms with Crippen LogP contribution in [0.15, 0.2) is 54.7 Å². The van der Waals surface area contributed by atoms with Gasteiger partial charge in [-0.15, -0.1) is 0 Å². The maximum atomic E-state index is 11.6. The highest BCUT2D eigenvalue weighted by Gasteiger charge is 2.07. The first kappa shape index (κ1) is 13.4. The van der Waals surface area contributed by atoms with Gasteiger partial charge in [-0.25, -0.2) is 4.79 Å². The molecule has 3 aromatic rings. The molecule has 0 aliphatic heterocycles. The van der Waals surface area contributed by atoms with Gasteiger partial charge in [-0.05, 0) is 48.2 Å². The van der Waals surface area contributed by atoms with E-state index in [1.54, 1.807) is 6.07 Å². The van der Waals surface area contributed by atoms with Crippen molar-refractivity contribution in [3.05, 3.63) is 71.4 Å². The second-order valence-electron chi connectivity index (χ2n) is 5.20. The minimum absolute atomic E-state index is 0.301. The van der Waals surface area contributed by atoms with Crippen LogP contribution in [0.4, 0.5) is 0 Å². The van der Waals surface area contributed by atoms with Crippen LogP contribution in [-0.4, -0.2) is 17.6 Å². The summed E-state index contributed by atoms with van der Waals surface area (Å²) in [6.07, 6.45) is 2.08. The van der Waals surface area contributed by atoms with Crippen LogP contribution in [0, 0.1) is 6.92 Å². The maximum Gasteiger partial charge on any atom is 0.337 e. The number of rotatable bonds is 3. The van der Waals surface area contributed by atoms with Crippen LogP contribution in [0.2, 0.25) is 0 Å². The number of hydrogen-bond donors (Lipinski definition) is 0. The van der Waals surface area contributed by atoms with Gasteiger partial charge in [0.15, 0.2) is 0 Å². The molecule has 0 atom stereocenters. The van der Waals surface area contributed by atoms with E-state index in [1.807, 2.05) is 18.2 Å². The summed E-state index contributed by atoms with van der Waals surface area (Å²) in [5.41, 5.74) is 4.12. The zero-order valence-corrected chi connectivity index (χ0v) is 12.2. The Bertz CT molecular complexity index is 802. The van der Waals surface area contributed by atoms with Gasteiger partial charge in [0.25, 0.3) is 0 Å². The fourth-order valence-electron chi connectivity index (χ4n) is 2.57. The number of hydrogen-bond acceptors (Lipinski definition) is 2. The van der Waals surface area contributed by atoms with Crippen LogP contribution in [0.1, 0.15) is 21.5 Å². The van der Waals surface area contributed by atoms with Gasteiger partial charge in [-0.2, -0.15) is 0 Å². The molecular weight excluding hydrogens is 262 g/mol. The van der Waals surface area contributed by atoms with E-state index in [2.05, 4.69) is 42.0 Å². The molecule has 1 aromatic heterocycles. The Kier molecular flexibility index (Phi) is 3.48. The number of carbonyl (C=O) groups excluding carboxylic acids is 1. The number of ether oxygens (including phenoxy) is 1. The molecule has 0 aliphatic rings. The molecule has 0 fully saturated rings. The second-order valence-corrected chi connectivity index (χ2v) is 5.20. The zero-order valence-electron chi connectivity index (χ0n) is 12.2. The summed E-state index contributed by atoms with van der Waals surface area (Å²) >= 11 is 0. The van der Waals surface area contributed by atoms with Crippen LogP contribution in [0.3, 0.4) is 0 Å². The van der Waals surface area contributed by atoms with Crippen molar-refractivity contribution in [2.45, 2.75) is 13.5 Å². The lowest BCUT2D eigenvalue weighted by Crippen LogP contribution is -2.03. The fraction of sp³-hybridized carbons (Fsp3) is 0.167. The Morgan fingerprint density at radius 3 is 2.81 bits per heavy atom. The van der Waals surface area contributed by atoms with Crippen molar-refractivity contribution in [2.75, 3.05) is 7.11 Å². The van der Waals surface area contributed by atoms with Crippen molar-refractivity contribution >= 4 is 16.9 Å². The van der Waals surface area contributed by atoms with E-state index in [4.69, 9.17) is 4.74 Å².